The molecule has 0 aliphatic rings. The number of allylic oxidation sites excluding steroid dienone is 1. The van der Waals surface area contributed by atoms with Crippen molar-refractivity contribution in [3.63, 3.8) is 0 Å². The van der Waals surface area contributed by atoms with E-state index in [2.05, 4.69) is 5.32 Å². The molecule has 1 rings (SSSR count). The van der Waals surface area contributed by atoms with Crippen molar-refractivity contribution >= 4 is 17.6 Å². The summed E-state index contributed by atoms with van der Waals surface area (Å²) < 4.78 is 0. The van der Waals surface area contributed by atoms with Crippen LogP contribution in [0, 0.1) is 0 Å². The fraction of sp³-hybridized carbons (Fsp3) is 0.167. The van der Waals surface area contributed by atoms with Crippen LogP contribution in [0.25, 0.3) is 0 Å². The zero-order chi connectivity index (χ0) is 12.0. The van der Waals surface area contributed by atoms with Crippen LogP contribution in [0.4, 0.5) is 5.69 Å². The highest BCUT2D eigenvalue weighted by Gasteiger charge is 2.07. The lowest BCUT2D eigenvalue weighted by molar-refractivity contribution is -0.136. The van der Waals surface area contributed by atoms with Gasteiger partial charge in [0.05, 0.1) is 6.42 Å². The zero-order valence-corrected chi connectivity index (χ0v) is 8.93. The second-order valence-corrected chi connectivity index (χ2v) is 3.22. The van der Waals surface area contributed by atoms with Gasteiger partial charge in [0.2, 0.25) is 5.91 Å². The number of benzene rings is 1. The van der Waals surface area contributed by atoms with Gasteiger partial charge in [-0.05, 0) is 24.6 Å². The number of anilines is 1. The first kappa shape index (κ1) is 12.0. The fourth-order valence-corrected chi connectivity index (χ4v) is 1.29. The van der Waals surface area contributed by atoms with Gasteiger partial charge in [-0.1, -0.05) is 24.3 Å². The van der Waals surface area contributed by atoms with Gasteiger partial charge in [0.1, 0.15) is 0 Å². The molecule has 0 heterocycles. The Morgan fingerprint density at radius 2 is 2.06 bits per heavy atom. The van der Waals surface area contributed by atoms with Crippen LogP contribution in [0.15, 0.2) is 36.4 Å². The van der Waals surface area contributed by atoms with Gasteiger partial charge in [-0.15, -0.1) is 0 Å². The summed E-state index contributed by atoms with van der Waals surface area (Å²) in [6, 6.07) is 6.85. The number of rotatable bonds is 4. The molecule has 0 radical (unpaired) electrons. The second kappa shape index (κ2) is 5.70. The van der Waals surface area contributed by atoms with Crippen molar-refractivity contribution in [1.82, 2.24) is 0 Å². The molecule has 0 unspecified atom stereocenters. The highest BCUT2D eigenvalue weighted by atomic mass is 16.4. The maximum absolute atomic E-state index is 11.3. The van der Waals surface area contributed by atoms with Gasteiger partial charge in [-0.25, -0.2) is 0 Å². The van der Waals surface area contributed by atoms with Crippen LogP contribution in [0.3, 0.4) is 0 Å². The summed E-state index contributed by atoms with van der Waals surface area (Å²) in [6.45, 7) is 1.74. The summed E-state index contributed by atoms with van der Waals surface area (Å²) in [6.07, 6.45) is 2.90. The van der Waals surface area contributed by atoms with E-state index in [9.17, 15) is 9.59 Å². The van der Waals surface area contributed by atoms with Gasteiger partial charge in [-0.3, -0.25) is 9.59 Å². The van der Waals surface area contributed by atoms with E-state index < -0.39 is 5.97 Å². The second-order valence-electron chi connectivity index (χ2n) is 3.22. The van der Waals surface area contributed by atoms with Crippen LogP contribution >= 0.6 is 0 Å². The molecular weight excluding hydrogens is 206 g/mol. The molecule has 0 aromatic heterocycles. The average Bonchev–Trinajstić information content (AvgIpc) is 2.20. The summed E-state index contributed by atoms with van der Waals surface area (Å²) in [5, 5.41) is 11.3. The molecule has 1 amide bonds. The van der Waals surface area contributed by atoms with E-state index in [1.54, 1.807) is 37.3 Å². The van der Waals surface area contributed by atoms with Crippen molar-refractivity contribution in [3.05, 3.63) is 42.0 Å². The highest BCUT2D eigenvalue weighted by molar-refractivity contribution is 6.00. The smallest absolute Gasteiger partial charge is 0.307 e. The number of aliphatic carboxylic acids is 1. The van der Waals surface area contributed by atoms with E-state index in [0.717, 1.165) is 0 Å². The maximum Gasteiger partial charge on any atom is 0.307 e. The predicted octanol–water partition coefficient (Wildman–Crippen LogP) is 1.83. The Morgan fingerprint density at radius 1 is 1.38 bits per heavy atom. The molecule has 0 saturated heterocycles. The van der Waals surface area contributed by atoms with Crippen LogP contribution in [0.1, 0.15) is 12.5 Å². The molecule has 0 bridgehead atoms. The lowest BCUT2D eigenvalue weighted by Crippen LogP contribution is -2.11. The van der Waals surface area contributed by atoms with Crippen molar-refractivity contribution in [2.24, 2.45) is 0 Å². The number of para-hydroxylation sites is 1. The fourth-order valence-electron chi connectivity index (χ4n) is 1.29. The molecule has 1 aromatic carbocycles. The number of carbonyl (C=O) groups is 2. The van der Waals surface area contributed by atoms with E-state index in [4.69, 9.17) is 5.11 Å². The van der Waals surface area contributed by atoms with Gasteiger partial charge in [0, 0.05) is 5.69 Å². The summed E-state index contributed by atoms with van der Waals surface area (Å²) in [5.41, 5.74) is 1.13. The number of carboxylic acid groups (broad SMARTS) is 1. The van der Waals surface area contributed by atoms with Crippen LogP contribution in [-0.4, -0.2) is 17.0 Å². The van der Waals surface area contributed by atoms with Crippen molar-refractivity contribution in [3.8, 4) is 0 Å². The summed E-state index contributed by atoms with van der Waals surface area (Å²) in [7, 11) is 0. The van der Waals surface area contributed by atoms with Crippen molar-refractivity contribution in [2.45, 2.75) is 13.3 Å². The van der Waals surface area contributed by atoms with Crippen molar-refractivity contribution in [1.29, 1.82) is 0 Å². The van der Waals surface area contributed by atoms with E-state index in [-0.39, 0.29) is 12.3 Å². The number of carboxylic acids is 1. The lowest BCUT2D eigenvalue weighted by atomic mass is 10.1. The average molecular weight is 219 g/mol. The summed E-state index contributed by atoms with van der Waals surface area (Å²) >= 11 is 0. The molecule has 84 valence electrons. The molecule has 0 spiro atoms. The van der Waals surface area contributed by atoms with Crippen LogP contribution in [-0.2, 0) is 16.0 Å². The Balaban J connectivity index is 2.86. The molecule has 0 atom stereocenters. The first-order valence-electron chi connectivity index (χ1n) is 4.87. The number of hydrogen-bond acceptors (Lipinski definition) is 2. The SMILES string of the molecule is CC=CC(=O)Nc1ccccc1CC(=O)O. The first-order chi connectivity index (χ1) is 7.63. The Morgan fingerprint density at radius 3 is 2.69 bits per heavy atom. The number of nitrogens with one attached hydrogen (secondary N) is 1. The van der Waals surface area contributed by atoms with Gasteiger partial charge < -0.3 is 10.4 Å². The van der Waals surface area contributed by atoms with E-state index in [0.29, 0.717) is 11.3 Å². The monoisotopic (exact) mass is 219 g/mol. The number of carbonyl (C=O) groups excluding carboxylic acids is 1. The van der Waals surface area contributed by atoms with Gasteiger partial charge in [0.25, 0.3) is 0 Å². The van der Waals surface area contributed by atoms with Crippen molar-refractivity contribution in [2.75, 3.05) is 5.32 Å². The Bertz CT molecular complexity index is 424. The zero-order valence-electron chi connectivity index (χ0n) is 8.93. The molecule has 2 N–H and O–H groups in total. The molecule has 0 aliphatic heterocycles. The predicted molar refractivity (Wildman–Crippen MR) is 61.2 cm³/mol. The Hall–Kier alpha value is -2.10. The number of amides is 1. The highest BCUT2D eigenvalue weighted by Crippen LogP contribution is 2.15. The molecule has 4 nitrogen and oxygen atoms in total. The molecule has 0 fully saturated rings. The molecule has 16 heavy (non-hydrogen) atoms. The molecule has 0 saturated carbocycles. The van der Waals surface area contributed by atoms with Gasteiger partial charge in [-0.2, -0.15) is 0 Å². The van der Waals surface area contributed by atoms with Crippen LogP contribution in [0.2, 0.25) is 0 Å². The molecule has 1 aromatic rings. The standard InChI is InChI=1S/C12H13NO3/c1-2-5-11(14)13-10-7-4-3-6-9(10)8-12(15)16/h2-7H,8H2,1H3,(H,13,14)(H,15,16). The Kier molecular flexibility index (Phi) is 4.27. The third-order valence-corrected chi connectivity index (χ3v) is 1.93. The number of hydrogen-bond donors (Lipinski definition) is 2. The minimum absolute atomic E-state index is 0.105. The Labute approximate surface area is 93.6 Å². The first-order valence-corrected chi connectivity index (χ1v) is 4.87. The maximum atomic E-state index is 11.3. The van der Waals surface area contributed by atoms with E-state index >= 15 is 0 Å². The summed E-state index contributed by atoms with van der Waals surface area (Å²) in [4.78, 5) is 21.9. The normalized spacial score (nSPS) is 10.3. The topological polar surface area (TPSA) is 66.4 Å². The molecule has 4 heteroatoms. The minimum atomic E-state index is -0.923. The quantitative estimate of drug-likeness (QED) is 0.759. The third kappa shape index (κ3) is 3.57. The summed E-state index contributed by atoms with van der Waals surface area (Å²) in [5.74, 6) is -1.19. The van der Waals surface area contributed by atoms with Crippen LogP contribution < -0.4 is 5.32 Å². The minimum Gasteiger partial charge on any atom is -0.481 e. The van der Waals surface area contributed by atoms with Gasteiger partial charge >= 0.3 is 5.97 Å². The lowest BCUT2D eigenvalue weighted by Gasteiger charge is -2.07. The molecular formula is C12H13NO3. The molecule has 0 aliphatic carbocycles. The third-order valence-electron chi connectivity index (χ3n) is 1.93. The van der Waals surface area contributed by atoms with Crippen molar-refractivity contribution < 1.29 is 14.7 Å². The largest absolute Gasteiger partial charge is 0.481 e. The van der Waals surface area contributed by atoms with Crippen LogP contribution in [0.5, 0.6) is 0 Å². The van der Waals surface area contributed by atoms with E-state index in [1.165, 1.54) is 6.08 Å². The van der Waals surface area contributed by atoms with Gasteiger partial charge in [0.15, 0.2) is 0 Å². The van der Waals surface area contributed by atoms with E-state index in [1.807, 2.05) is 0 Å².